The third-order valence-electron chi connectivity index (χ3n) is 4.64. The molecule has 0 radical (unpaired) electrons. The Labute approximate surface area is 148 Å². The van der Waals surface area contributed by atoms with Crippen LogP contribution in [-0.2, 0) is 24.2 Å². The molecule has 1 aliphatic rings. The molecule has 1 atom stereocenters. The average Bonchev–Trinajstić information content (AvgIpc) is 3.12. The maximum absolute atomic E-state index is 12.5. The van der Waals surface area contributed by atoms with Gasteiger partial charge in [0.15, 0.2) is 0 Å². The fourth-order valence-corrected chi connectivity index (χ4v) is 3.12. The molecule has 0 aliphatic carbocycles. The summed E-state index contributed by atoms with van der Waals surface area (Å²) >= 11 is 0. The molecule has 0 unspecified atom stereocenters. The lowest BCUT2D eigenvalue weighted by Gasteiger charge is -2.35. The molecule has 2 aromatic rings. The molecule has 6 nitrogen and oxygen atoms in total. The topological polar surface area (TPSA) is 59.4 Å². The molecule has 1 saturated heterocycles. The number of imidazole rings is 1. The fourth-order valence-electron chi connectivity index (χ4n) is 3.12. The summed E-state index contributed by atoms with van der Waals surface area (Å²) in [6.45, 7) is 5.24. The van der Waals surface area contributed by atoms with Crippen LogP contribution in [0.3, 0.4) is 0 Å². The minimum atomic E-state index is -0.0345. The van der Waals surface area contributed by atoms with Crippen LogP contribution >= 0.6 is 0 Å². The molecule has 134 valence electrons. The van der Waals surface area contributed by atoms with Crippen LogP contribution in [0.5, 0.6) is 0 Å². The van der Waals surface area contributed by atoms with Gasteiger partial charge in [0.05, 0.1) is 25.8 Å². The Morgan fingerprint density at radius 2 is 2.20 bits per heavy atom. The van der Waals surface area contributed by atoms with Crippen LogP contribution in [0.1, 0.15) is 24.7 Å². The molecule has 1 fully saturated rings. The Bertz CT molecular complexity index is 671. The van der Waals surface area contributed by atoms with Crippen LogP contribution in [0.15, 0.2) is 42.7 Å². The number of urea groups is 1. The Kier molecular flexibility index (Phi) is 6.06. The second-order valence-electron chi connectivity index (χ2n) is 6.26. The molecule has 25 heavy (non-hydrogen) atoms. The van der Waals surface area contributed by atoms with E-state index < -0.39 is 0 Å². The van der Waals surface area contributed by atoms with E-state index in [-0.39, 0.29) is 12.1 Å². The lowest BCUT2D eigenvalue weighted by atomic mass is 10.1. The second kappa shape index (κ2) is 8.67. The SMILES string of the molecule is CC[C@H]1COCCN1C(=O)NCc1nccn1CCc1ccccc1. The number of aromatic nitrogens is 2. The zero-order chi connectivity index (χ0) is 17.5. The quantitative estimate of drug-likeness (QED) is 0.877. The molecular formula is C19H26N4O2. The number of carbonyl (C=O) groups is 1. The van der Waals surface area contributed by atoms with Crippen LogP contribution in [0.25, 0.3) is 0 Å². The smallest absolute Gasteiger partial charge is 0.318 e. The van der Waals surface area contributed by atoms with E-state index in [0.29, 0.717) is 26.3 Å². The number of hydrogen-bond donors (Lipinski definition) is 1. The molecule has 0 spiro atoms. The van der Waals surface area contributed by atoms with Crippen molar-refractivity contribution in [1.29, 1.82) is 0 Å². The molecule has 1 aliphatic heterocycles. The number of nitrogens with zero attached hydrogens (tertiary/aromatic N) is 3. The van der Waals surface area contributed by atoms with E-state index in [4.69, 9.17) is 4.74 Å². The average molecular weight is 342 g/mol. The van der Waals surface area contributed by atoms with Crippen LogP contribution in [0, 0.1) is 0 Å². The lowest BCUT2D eigenvalue weighted by Crippen LogP contribution is -2.52. The van der Waals surface area contributed by atoms with Gasteiger partial charge in [-0.3, -0.25) is 0 Å². The molecular weight excluding hydrogens is 316 g/mol. The van der Waals surface area contributed by atoms with E-state index in [1.54, 1.807) is 6.20 Å². The number of amides is 2. The predicted molar refractivity (Wildman–Crippen MR) is 96.2 cm³/mol. The van der Waals surface area contributed by atoms with Crippen LogP contribution in [0.2, 0.25) is 0 Å². The number of benzene rings is 1. The van der Waals surface area contributed by atoms with Crippen molar-refractivity contribution in [2.45, 2.75) is 38.9 Å². The monoisotopic (exact) mass is 342 g/mol. The first kappa shape index (κ1) is 17.5. The van der Waals surface area contributed by atoms with Crippen molar-refractivity contribution in [3.63, 3.8) is 0 Å². The van der Waals surface area contributed by atoms with Gasteiger partial charge in [-0.05, 0) is 18.4 Å². The predicted octanol–water partition coefficient (Wildman–Crippen LogP) is 2.45. The summed E-state index contributed by atoms with van der Waals surface area (Å²) in [5.41, 5.74) is 1.30. The molecule has 1 N–H and O–H groups in total. The number of ether oxygens (including phenoxy) is 1. The summed E-state index contributed by atoms with van der Waals surface area (Å²) in [5.74, 6) is 0.880. The number of nitrogens with one attached hydrogen (secondary N) is 1. The first-order chi connectivity index (χ1) is 12.3. The van der Waals surface area contributed by atoms with Gasteiger partial charge in [0.25, 0.3) is 0 Å². The largest absolute Gasteiger partial charge is 0.377 e. The standard InChI is InChI=1S/C19H26N4O2/c1-2-17-15-25-13-12-23(17)19(24)21-14-18-20-9-11-22(18)10-8-16-6-4-3-5-7-16/h3-7,9,11,17H,2,8,10,12-15H2,1H3,(H,21,24)/t17-/m0/s1. The third-order valence-corrected chi connectivity index (χ3v) is 4.64. The fraction of sp³-hybridized carbons (Fsp3) is 0.474. The van der Waals surface area contributed by atoms with Crippen molar-refractivity contribution in [2.24, 2.45) is 0 Å². The van der Waals surface area contributed by atoms with E-state index in [0.717, 1.165) is 25.2 Å². The van der Waals surface area contributed by atoms with Gasteiger partial charge < -0.3 is 19.5 Å². The number of morpholine rings is 1. The molecule has 2 heterocycles. The number of carbonyl (C=O) groups excluding carboxylic acids is 1. The Morgan fingerprint density at radius 3 is 3.00 bits per heavy atom. The van der Waals surface area contributed by atoms with Gasteiger partial charge in [-0.25, -0.2) is 9.78 Å². The van der Waals surface area contributed by atoms with Gasteiger partial charge in [-0.2, -0.15) is 0 Å². The maximum atomic E-state index is 12.5. The zero-order valence-corrected chi connectivity index (χ0v) is 14.7. The first-order valence-electron chi connectivity index (χ1n) is 8.94. The highest BCUT2D eigenvalue weighted by atomic mass is 16.5. The van der Waals surface area contributed by atoms with E-state index >= 15 is 0 Å². The first-order valence-corrected chi connectivity index (χ1v) is 8.94. The summed E-state index contributed by atoms with van der Waals surface area (Å²) in [7, 11) is 0. The highest BCUT2D eigenvalue weighted by Crippen LogP contribution is 2.11. The maximum Gasteiger partial charge on any atom is 0.318 e. The summed E-state index contributed by atoms with van der Waals surface area (Å²) in [6.07, 6.45) is 5.60. The summed E-state index contributed by atoms with van der Waals surface area (Å²) < 4.78 is 7.56. The lowest BCUT2D eigenvalue weighted by molar-refractivity contribution is 0.0112. The minimum absolute atomic E-state index is 0.0345. The van der Waals surface area contributed by atoms with E-state index in [1.807, 2.05) is 17.2 Å². The third kappa shape index (κ3) is 4.60. The number of aryl methyl sites for hydroxylation is 2. The van der Waals surface area contributed by atoms with Crippen molar-refractivity contribution < 1.29 is 9.53 Å². The molecule has 3 rings (SSSR count). The van der Waals surface area contributed by atoms with Crippen molar-refractivity contribution >= 4 is 6.03 Å². The zero-order valence-electron chi connectivity index (χ0n) is 14.7. The summed E-state index contributed by atoms with van der Waals surface area (Å²) in [5, 5.41) is 3.01. The number of rotatable bonds is 6. The summed E-state index contributed by atoms with van der Waals surface area (Å²) in [6, 6.07) is 10.5. The number of hydrogen-bond acceptors (Lipinski definition) is 3. The molecule has 6 heteroatoms. The van der Waals surface area contributed by atoms with Crippen LogP contribution < -0.4 is 5.32 Å². The highest BCUT2D eigenvalue weighted by Gasteiger charge is 2.25. The van der Waals surface area contributed by atoms with Crippen molar-refractivity contribution in [3.05, 3.63) is 54.1 Å². The Hall–Kier alpha value is -2.34. The van der Waals surface area contributed by atoms with Crippen LogP contribution in [0.4, 0.5) is 4.79 Å². The van der Waals surface area contributed by atoms with Crippen LogP contribution in [-0.4, -0.2) is 46.3 Å². The van der Waals surface area contributed by atoms with E-state index in [9.17, 15) is 4.79 Å². The summed E-state index contributed by atoms with van der Waals surface area (Å²) in [4.78, 5) is 18.7. The van der Waals surface area contributed by atoms with E-state index in [2.05, 4.69) is 46.1 Å². The molecule has 1 aromatic carbocycles. The van der Waals surface area contributed by atoms with Gasteiger partial charge in [0.1, 0.15) is 5.82 Å². The normalized spacial score (nSPS) is 17.5. The highest BCUT2D eigenvalue weighted by molar-refractivity contribution is 5.74. The molecule has 1 aromatic heterocycles. The van der Waals surface area contributed by atoms with Gasteiger partial charge in [0, 0.05) is 25.5 Å². The van der Waals surface area contributed by atoms with Gasteiger partial charge in [0.2, 0.25) is 0 Å². The molecule has 2 amide bonds. The van der Waals surface area contributed by atoms with Crippen molar-refractivity contribution in [3.8, 4) is 0 Å². The van der Waals surface area contributed by atoms with E-state index in [1.165, 1.54) is 5.56 Å². The Balaban J connectivity index is 1.53. The molecule has 0 saturated carbocycles. The van der Waals surface area contributed by atoms with Gasteiger partial charge in [-0.1, -0.05) is 37.3 Å². The van der Waals surface area contributed by atoms with Crippen molar-refractivity contribution in [1.82, 2.24) is 19.8 Å². The van der Waals surface area contributed by atoms with Crippen molar-refractivity contribution in [2.75, 3.05) is 19.8 Å². The van der Waals surface area contributed by atoms with Gasteiger partial charge in [-0.15, -0.1) is 0 Å². The minimum Gasteiger partial charge on any atom is -0.377 e. The van der Waals surface area contributed by atoms with Gasteiger partial charge >= 0.3 is 6.03 Å². The molecule has 0 bridgehead atoms. The Morgan fingerprint density at radius 1 is 1.36 bits per heavy atom. The second-order valence-corrected chi connectivity index (χ2v) is 6.26.